The largest absolute Gasteiger partial charge is 0.481 e. The van der Waals surface area contributed by atoms with Gasteiger partial charge in [-0.15, -0.1) is 0 Å². The fraction of sp³-hybridized carbons (Fsp3) is 0.263. The van der Waals surface area contributed by atoms with Gasteiger partial charge in [0.1, 0.15) is 0 Å². The molecule has 0 amide bonds. The van der Waals surface area contributed by atoms with Gasteiger partial charge in [0.05, 0.1) is 18.4 Å². The highest BCUT2D eigenvalue weighted by molar-refractivity contribution is 5.81. The molecule has 0 spiro atoms. The zero-order valence-electron chi connectivity index (χ0n) is 13.0. The van der Waals surface area contributed by atoms with Gasteiger partial charge in [-0.05, 0) is 24.5 Å². The second-order valence-electron chi connectivity index (χ2n) is 5.25. The molecule has 2 aromatic carbocycles. The van der Waals surface area contributed by atoms with Crippen LogP contribution in [0.4, 0.5) is 0 Å². The van der Waals surface area contributed by atoms with E-state index in [9.17, 15) is 14.7 Å². The van der Waals surface area contributed by atoms with Crippen LogP contribution in [0.5, 0.6) is 0 Å². The van der Waals surface area contributed by atoms with Gasteiger partial charge in [0.15, 0.2) is 0 Å². The average molecular weight is 312 g/mol. The van der Waals surface area contributed by atoms with E-state index in [1.54, 1.807) is 31.2 Å². The third kappa shape index (κ3) is 4.42. The minimum absolute atomic E-state index is 0.169. The molecule has 120 valence electrons. The van der Waals surface area contributed by atoms with E-state index in [2.05, 4.69) is 0 Å². The SMILES string of the molecule is CCOC(=O)[C@H](C[C@@H](C(=O)O)c1ccccc1)c1ccccc1. The van der Waals surface area contributed by atoms with Crippen molar-refractivity contribution >= 4 is 11.9 Å². The predicted molar refractivity (Wildman–Crippen MR) is 87.3 cm³/mol. The van der Waals surface area contributed by atoms with Crippen LogP contribution in [0.3, 0.4) is 0 Å². The van der Waals surface area contributed by atoms with Crippen molar-refractivity contribution < 1.29 is 19.4 Å². The van der Waals surface area contributed by atoms with E-state index in [4.69, 9.17) is 4.74 Å². The van der Waals surface area contributed by atoms with E-state index in [0.29, 0.717) is 5.56 Å². The lowest BCUT2D eigenvalue weighted by Crippen LogP contribution is -2.22. The first-order valence-corrected chi connectivity index (χ1v) is 7.62. The van der Waals surface area contributed by atoms with Gasteiger partial charge in [-0.25, -0.2) is 0 Å². The highest BCUT2D eigenvalue weighted by Crippen LogP contribution is 2.31. The second-order valence-corrected chi connectivity index (χ2v) is 5.25. The summed E-state index contributed by atoms with van der Waals surface area (Å²) in [4.78, 5) is 24.0. The van der Waals surface area contributed by atoms with Crippen LogP contribution in [0.1, 0.15) is 36.3 Å². The number of hydrogen-bond acceptors (Lipinski definition) is 3. The third-order valence-corrected chi connectivity index (χ3v) is 3.74. The van der Waals surface area contributed by atoms with Crippen molar-refractivity contribution in [2.24, 2.45) is 0 Å². The number of carboxylic acid groups (broad SMARTS) is 1. The van der Waals surface area contributed by atoms with Crippen LogP contribution in [0.2, 0.25) is 0 Å². The van der Waals surface area contributed by atoms with Crippen LogP contribution in [0.25, 0.3) is 0 Å². The molecule has 4 heteroatoms. The summed E-state index contributed by atoms with van der Waals surface area (Å²) in [6, 6.07) is 18.1. The maximum Gasteiger partial charge on any atom is 0.313 e. The molecule has 0 heterocycles. The maximum atomic E-state index is 12.3. The molecule has 23 heavy (non-hydrogen) atoms. The number of carbonyl (C=O) groups excluding carboxylic acids is 1. The summed E-state index contributed by atoms with van der Waals surface area (Å²) in [7, 11) is 0. The molecule has 0 radical (unpaired) electrons. The van der Waals surface area contributed by atoms with Gasteiger partial charge in [0.25, 0.3) is 0 Å². The zero-order chi connectivity index (χ0) is 16.7. The number of benzene rings is 2. The normalized spacial score (nSPS) is 13.1. The Hall–Kier alpha value is -2.62. The van der Waals surface area contributed by atoms with E-state index in [1.807, 2.05) is 36.4 Å². The molecule has 0 saturated carbocycles. The van der Waals surface area contributed by atoms with Crippen molar-refractivity contribution in [2.75, 3.05) is 6.61 Å². The molecule has 2 atom stereocenters. The van der Waals surface area contributed by atoms with E-state index in [-0.39, 0.29) is 19.0 Å². The lowest BCUT2D eigenvalue weighted by Gasteiger charge is -2.20. The number of carboxylic acids is 1. The summed E-state index contributed by atoms with van der Waals surface area (Å²) in [5.74, 6) is -2.69. The monoisotopic (exact) mass is 312 g/mol. The summed E-state index contributed by atoms with van der Waals surface area (Å²) >= 11 is 0. The Balaban J connectivity index is 2.31. The molecule has 4 nitrogen and oxygen atoms in total. The zero-order valence-corrected chi connectivity index (χ0v) is 13.0. The summed E-state index contributed by atoms with van der Waals surface area (Å²) in [5.41, 5.74) is 1.46. The molecule has 0 aliphatic heterocycles. The van der Waals surface area contributed by atoms with Gasteiger partial charge in [-0.1, -0.05) is 60.7 Å². The molecule has 0 aliphatic rings. The molecule has 0 aromatic heterocycles. The lowest BCUT2D eigenvalue weighted by atomic mass is 9.85. The van der Waals surface area contributed by atoms with Crippen LogP contribution in [0.15, 0.2) is 60.7 Å². The first kappa shape index (κ1) is 16.7. The Morgan fingerprint density at radius 1 is 0.913 bits per heavy atom. The smallest absolute Gasteiger partial charge is 0.313 e. The van der Waals surface area contributed by atoms with E-state index in [1.165, 1.54) is 0 Å². The maximum absolute atomic E-state index is 12.3. The number of rotatable bonds is 7. The topological polar surface area (TPSA) is 63.6 Å². The molecule has 0 saturated heterocycles. The minimum atomic E-state index is -0.943. The summed E-state index contributed by atoms with van der Waals surface area (Å²) in [6.07, 6.45) is 0.169. The molecule has 0 fully saturated rings. The van der Waals surface area contributed by atoms with E-state index >= 15 is 0 Å². The Kier molecular flexibility index (Phi) is 5.92. The van der Waals surface area contributed by atoms with Crippen molar-refractivity contribution in [1.82, 2.24) is 0 Å². The number of carbonyl (C=O) groups is 2. The average Bonchev–Trinajstić information content (AvgIpc) is 2.57. The van der Waals surface area contributed by atoms with Crippen LogP contribution >= 0.6 is 0 Å². The van der Waals surface area contributed by atoms with Crippen molar-refractivity contribution in [3.8, 4) is 0 Å². The highest BCUT2D eigenvalue weighted by atomic mass is 16.5. The van der Waals surface area contributed by atoms with Crippen LogP contribution < -0.4 is 0 Å². The first-order chi connectivity index (χ1) is 11.1. The quantitative estimate of drug-likeness (QED) is 0.794. The van der Waals surface area contributed by atoms with E-state index in [0.717, 1.165) is 5.56 Å². The first-order valence-electron chi connectivity index (χ1n) is 7.62. The van der Waals surface area contributed by atoms with Gasteiger partial charge in [-0.3, -0.25) is 9.59 Å². The highest BCUT2D eigenvalue weighted by Gasteiger charge is 2.30. The van der Waals surface area contributed by atoms with Gasteiger partial charge < -0.3 is 9.84 Å². The lowest BCUT2D eigenvalue weighted by molar-refractivity contribution is -0.146. The fourth-order valence-electron chi connectivity index (χ4n) is 2.60. The third-order valence-electron chi connectivity index (χ3n) is 3.74. The molecule has 2 rings (SSSR count). The Morgan fingerprint density at radius 2 is 1.39 bits per heavy atom. The number of esters is 1. The number of aliphatic carboxylic acids is 1. The van der Waals surface area contributed by atoms with Gasteiger partial charge in [0.2, 0.25) is 0 Å². The summed E-state index contributed by atoms with van der Waals surface area (Å²) in [5, 5.41) is 9.58. The van der Waals surface area contributed by atoms with Gasteiger partial charge in [-0.2, -0.15) is 0 Å². The summed E-state index contributed by atoms with van der Waals surface area (Å²) in [6.45, 7) is 2.01. The van der Waals surface area contributed by atoms with Crippen molar-refractivity contribution in [1.29, 1.82) is 0 Å². The van der Waals surface area contributed by atoms with E-state index < -0.39 is 17.8 Å². The molecule has 0 bridgehead atoms. The number of ether oxygens (including phenoxy) is 1. The Bertz CT molecular complexity index is 637. The Labute approximate surface area is 135 Å². The molecule has 0 unspecified atom stereocenters. The summed E-state index contributed by atoms with van der Waals surface area (Å²) < 4.78 is 5.14. The van der Waals surface area contributed by atoms with Crippen LogP contribution in [-0.4, -0.2) is 23.7 Å². The second kappa shape index (κ2) is 8.13. The van der Waals surface area contributed by atoms with Gasteiger partial charge in [0, 0.05) is 0 Å². The molecule has 1 N–H and O–H groups in total. The molecular weight excluding hydrogens is 292 g/mol. The van der Waals surface area contributed by atoms with Crippen molar-refractivity contribution in [2.45, 2.75) is 25.2 Å². The molecule has 2 aromatic rings. The van der Waals surface area contributed by atoms with Crippen LogP contribution in [0, 0.1) is 0 Å². The standard InChI is InChI=1S/C19H20O4/c1-2-23-19(22)17(15-11-7-4-8-12-15)13-16(18(20)21)14-9-5-3-6-10-14/h3-12,16-17H,2,13H2,1H3,(H,20,21)/t16-,17-/m1/s1. The minimum Gasteiger partial charge on any atom is -0.481 e. The molecule has 0 aliphatic carbocycles. The van der Waals surface area contributed by atoms with Crippen molar-refractivity contribution in [3.63, 3.8) is 0 Å². The number of hydrogen-bond donors (Lipinski definition) is 1. The van der Waals surface area contributed by atoms with Crippen LogP contribution in [-0.2, 0) is 14.3 Å². The van der Waals surface area contributed by atoms with Gasteiger partial charge >= 0.3 is 11.9 Å². The predicted octanol–water partition coefficient (Wildman–Crippen LogP) is 3.59. The van der Waals surface area contributed by atoms with Crippen molar-refractivity contribution in [3.05, 3.63) is 71.8 Å². The molecular formula is C19H20O4. The fourth-order valence-corrected chi connectivity index (χ4v) is 2.60. The Morgan fingerprint density at radius 3 is 1.83 bits per heavy atom.